The van der Waals surface area contributed by atoms with Crippen molar-refractivity contribution in [2.45, 2.75) is 30.7 Å². The molecule has 0 atom stereocenters. The third-order valence-corrected chi connectivity index (χ3v) is 4.91. The summed E-state index contributed by atoms with van der Waals surface area (Å²) >= 11 is 1.54. The van der Waals surface area contributed by atoms with Gasteiger partial charge in [0.1, 0.15) is 0 Å². The van der Waals surface area contributed by atoms with Crippen molar-refractivity contribution in [2.75, 3.05) is 23.7 Å². The number of hydrogen-bond donors (Lipinski definition) is 2. The third kappa shape index (κ3) is 4.48. The fourth-order valence-corrected chi connectivity index (χ4v) is 3.37. The molecular formula is C16H21N5OS. The van der Waals surface area contributed by atoms with Gasteiger partial charge in [-0.15, -0.1) is 11.8 Å². The second-order valence-electron chi connectivity index (χ2n) is 5.71. The molecule has 1 aliphatic rings. The molecule has 23 heavy (non-hydrogen) atoms. The van der Waals surface area contributed by atoms with Gasteiger partial charge in [-0.25, -0.2) is 0 Å². The summed E-state index contributed by atoms with van der Waals surface area (Å²) in [7, 11) is 0. The predicted octanol–water partition coefficient (Wildman–Crippen LogP) is 1.99. The minimum Gasteiger partial charge on any atom is -0.355 e. The Labute approximate surface area is 140 Å². The molecule has 0 aliphatic carbocycles. The summed E-state index contributed by atoms with van der Waals surface area (Å²) in [6.07, 6.45) is 5.40. The Balaban J connectivity index is 1.41. The number of thioether (sulfide) groups is 1. The monoisotopic (exact) mass is 331 g/mol. The SMILES string of the molecule is Cc1cc(N2CCC(NC(=O)CSc3ccncc3)CC2)n[nH]1. The second-order valence-corrected chi connectivity index (χ2v) is 6.76. The lowest BCUT2D eigenvalue weighted by Gasteiger charge is -2.32. The van der Waals surface area contributed by atoms with Crippen LogP contribution < -0.4 is 10.2 Å². The molecule has 0 bridgehead atoms. The van der Waals surface area contributed by atoms with E-state index in [2.05, 4.69) is 31.5 Å². The summed E-state index contributed by atoms with van der Waals surface area (Å²) < 4.78 is 0. The molecule has 0 saturated carbocycles. The number of hydrogen-bond acceptors (Lipinski definition) is 5. The number of H-pyrrole nitrogens is 1. The third-order valence-electron chi connectivity index (χ3n) is 3.90. The lowest BCUT2D eigenvalue weighted by molar-refractivity contribution is -0.119. The van der Waals surface area contributed by atoms with Crippen LogP contribution >= 0.6 is 11.8 Å². The summed E-state index contributed by atoms with van der Waals surface area (Å²) in [5.41, 5.74) is 1.07. The predicted molar refractivity (Wildman–Crippen MR) is 91.7 cm³/mol. The van der Waals surface area contributed by atoms with Gasteiger partial charge in [-0.05, 0) is 31.9 Å². The fraction of sp³-hybridized carbons (Fsp3) is 0.438. The Bertz CT molecular complexity index is 637. The van der Waals surface area contributed by atoms with Gasteiger partial charge in [-0.3, -0.25) is 14.9 Å². The summed E-state index contributed by atoms with van der Waals surface area (Å²) in [5, 5.41) is 10.4. The minimum absolute atomic E-state index is 0.0980. The first-order valence-electron chi connectivity index (χ1n) is 7.80. The van der Waals surface area contributed by atoms with Crippen LogP contribution in [0.15, 0.2) is 35.5 Å². The van der Waals surface area contributed by atoms with Gasteiger partial charge in [-0.2, -0.15) is 5.10 Å². The fourth-order valence-electron chi connectivity index (χ4n) is 2.67. The smallest absolute Gasteiger partial charge is 0.230 e. The number of carbonyl (C=O) groups excluding carboxylic acids is 1. The van der Waals surface area contributed by atoms with E-state index in [1.807, 2.05) is 19.1 Å². The van der Waals surface area contributed by atoms with Crippen LogP contribution in [0.4, 0.5) is 5.82 Å². The first kappa shape index (κ1) is 15.9. The van der Waals surface area contributed by atoms with Crippen LogP contribution in [-0.4, -0.2) is 46.0 Å². The van der Waals surface area contributed by atoms with E-state index in [1.165, 1.54) is 0 Å². The summed E-state index contributed by atoms with van der Waals surface area (Å²) in [6.45, 7) is 3.85. The van der Waals surface area contributed by atoms with E-state index in [9.17, 15) is 4.79 Å². The maximum atomic E-state index is 12.1. The number of rotatable bonds is 5. The van der Waals surface area contributed by atoms with Crippen LogP contribution in [0.5, 0.6) is 0 Å². The van der Waals surface area contributed by atoms with Crippen LogP contribution in [0, 0.1) is 6.92 Å². The van der Waals surface area contributed by atoms with E-state index in [-0.39, 0.29) is 11.9 Å². The van der Waals surface area contributed by atoms with Crippen LogP contribution in [0.3, 0.4) is 0 Å². The highest BCUT2D eigenvalue weighted by Crippen LogP contribution is 2.19. The first-order valence-corrected chi connectivity index (χ1v) is 8.78. The van der Waals surface area contributed by atoms with Crippen molar-refractivity contribution in [1.29, 1.82) is 0 Å². The first-order chi connectivity index (χ1) is 11.2. The standard InChI is InChI=1S/C16H21N5OS/c1-12-10-15(20-19-12)21-8-4-13(5-9-21)18-16(22)11-23-14-2-6-17-7-3-14/h2-3,6-7,10,13H,4-5,8-9,11H2,1H3,(H,18,22)(H,19,20). The molecule has 3 heterocycles. The van der Waals surface area contributed by atoms with Crippen LogP contribution in [-0.2, 0) is 4.79 Å². The molecule has 122 valence electrons. The quantitative estimate of drug-likeness (QED) is 0.820. The summed E-state index contributed by atoms with van der Waals surface area (Å²) in [5.74, 6) is 1.55. The van der Waals surface area contributed by atoms with Crippen molar-refractivity contribution in [3.63, 3.8) is 0 Å². The number of carbonyl (C=O) groups is 1. The Morgan fingerprint density at radius 1 is 1.39 bits per heavy atom. The molecule has 1 fully saturated rings. The molecule has 0 aromatic carbocycles. The lowest BCUT2D eigenvalue weighted by atomic mass is 10.1. The Kier molecular flexibility index (Phi) is 5.17. The molecule has 1 amide bonds. The van der Waals surface area contributed by atoms with E-state index in [4.69, 9.17) is 0 Å². The zero-order chi connectivity index (χ0) is 16.1. The maximum absolute atomic E-state index is 12.1. The number of nitrogens with one attached hydrogen (secondary N) is 2. The van der Waals surface area contributed by atoms with Gasteiger partial charge in [0, 0.05) is 48.2 Å². The second kappa shape index (κ2) is 7.50. The molecule has 1 saturated heterocycles. The molecule has 0 spiro atoms. The van der Waals surface area contributed by atoms with Crippen molar-refractivity contribution >= 4 is 23.5 Å². The highest BCUT2D eigenvalue weighted by atomic mass is 32.2. The van der Waals surface area contributed by atoms with Crippen molar-refractivity contribution in [2.24, 2.45) is 0 Å². The van der Waals surface area contributed by atoms with Gasteiger partial charge in [-0.1, -0.05) is 0 Å². The Morgan fingerprint density at radius 2 is 2.13 bits per heavy atom. The van der Waals surface area contributed by atoms with Crippen molar-refractivity contribution in [3.05, 3.63) is 36.3 Å². The maximum Gasteiger partial charge on any atom is 0.230 e. The van der Waals surface area contributed by atoms with E-state index >= 15 is 0 Å². The number of aromatic nitrogens is 3. The number of nitrogens with zero attached hydrogens (tertiary/aromatic N) is 3. The average molecular weight is 331 g/mol. The molecule has 7 heteroatoms. The van der Waals surface area contributed by atoms with Gasteiger partial charge >= 0.3 is 0 Å². The molecule has 6 nitrogen and oxygen atoms in total. The van der Waals surface area contributed by atoms with Crippen LogP contribution in [0.25, 0.3) is 0 Å². The normalized spacial score (nSPS) is 15.6. The number of anilines is 1. The number of aromatic amines is 1. The largest absolute Gasteiger partial charge is 0.355 e. The Hall–Kier alpha value is -2.02. The molecule has 0 radical (unpaired) electrons. The van der Waals surface area contributed by atoms with Crippen LogP contribution in [0.2, 0.25) is 0 Å². The number of aryl methyl sites for hydroxylation is 1. The van der Waals surface area contributed by atoms with E-state index in [1.54, 1.807) is 24.2 Å². The molecule has 2 aromatic rings. The molecule has 3 rings (SSSR count). The highest BCUT2D eigenvalue weighted by molar-refractivity contribution is 8.00. The minimum atomic E-state index is 0.0980. The topological polar surface area (TPSA) is 73.9 Å². The Morgan fingerprint density at radius 3 is 2.78 bits per heavy atom. The average Bonchev–Trinajstić information content (AvgIpc) is 3.01. The molecule has 1 aliphatic heterocycles. The summed E-state index contributed by atoms with van der Waals surface area (Å²) in [4.78, 5) is 19.4. The highest BCUT2D eigenvalue weighted by Gasteiger charge is 2.22. The lowest BCUT2D eigenvalue weighted by Crippen LogP contribution is -2.45. The van der Waals surface area contributed by atoms with Gasteiger partial charge in [0.05, 0.1) is 5.75 Å². The summed E-state index contributed by atoms with van der Waals surface area (Å²) in [6, 6.07) is 6.16. The van der Waals surface area contributed by atoms with Crippen molar-refractivity contribution < 1.29 is 4.79 Å². The molecular weight excluding hydrogens is 310 g/mol. The van der Waals surface area contributed by atoms with Crippen molar-refractivity contribution in [3.8, 4) is 0 Å². The van der Waals surface area contributed by atoms with Gasteiger partial charge in [0.25, 0.3) is 0 Å². The number of piperidine rings is 1. The number of amides is 1. The van der Waals surface area contributed by atoms with E-state index < -0.39 is 0 Å². The zero-order valence-corrected chi connectivity index (χ0v) is 14.0. The van der Waals surface area contributed by atoms with Gasteiger partial charge in [0.15, 0.2) is 5.82 Å². The molecule has 2 N–H and O–H groups in total. The molecule has 2 aromatic heterocycles. The van der Waals surface area contributed by atoms with Crippen molar-refractivity contribution in [1.82, 2.24) is 20.5 Å². The number of pyridine rings is 1. The van der Waals surface area contributed by atoms with Crippen LogP contribution in [0.1, 0.15) is 18.5 Å². The zero-order valence-electron chi connectivity index (χ0n) is 13.2. The molecule has 0 unspecified atom stereocenters. The van der Waals surface area contributed by atoms with Gasteiger partial charge in [0.2, 0.25) is 5.91 Å². The van der Waals surface area contributed by atoms with E-state index in [0.717, 1.165) is 42.3 Å². The van der Waals surface area contributed by atoms with Gasteiger partial charge < -0.3 is 10.2 Å². The van der Waals surface area contributed by atoms with E-state index in [0.29, 0.717) is 5.75 Å².